The van der Waals surface area contributed by atoms with Crippen LogP contribution in [-0.2, 0) is 13.0 Å². The Kier molecular flexibility index (Phi) is 4.96. The maximum atomic E-state index is 4.67. The lowest BCUT2D eigenvalue weighted by molar-refractivity contribution is 0.145. The molecule has 124 valence electrons. The quantitative estimate of drug-likeness (QED) is 0.922. The number of hydrogen-bond acceptors (Lipinski definition) is 4. The summed E-state index contributed by atoms with van der Waals surface area (Å²) < 4.78 is 2.02. The second-order valence-electron chi connectivity index (χ2n) is 6.82. The van der Waals surface area contributed by atoms with E-state index in [1.165, 1.54) is 12.0 Å². The van der Waals surface area contributed by atoms with Gasteiger partial charge in [-0.25, -0.2) is 0 Å². The maximum Gasteiger partial charge on any atom is 0.148 e. The molecule has 2 aromatic rings. The normalized spacial score (nSPS) is 25.4. The van der Waals surface area contributed by atoms with Crippen LogP contribution in [0.25, 0.3) is 0 Å². The van der Waals surface area contributed by atoms with Gasteiger partial charge in [-0.1, -0.05) is 6.92 Å². The van der Waals surface area contributed by atoms with Crippen LogP contribution in [0, 0.1) is 5.92 Å². The third kappa shape index (κ3) is 4.10. The average molecular weight is 313 g/mol. The number of piperidine rings is 1. The zero-order chi connectivity index (χ0) is 16.2. The summed E-state index contributed by atoms with van der Waals surface area (Å²) in [5, 5.41) is 8.31. The first kappa shape index (κ1) is 16.0. The lowest BCUT2D eigenvalue weighted by Crippen LogP contribution is -2.48. The predicted octanol–water partition coefficient (Wildman–Crippen LogP) is 2.66. The van der Waals surface area contributed by atoms with Gasteiger partial charge in [0.15, 0.2) is 0 Å². The topological polar surface area (TPSA) is 46.0 Å². The van der Waals surface area contributed by atoms with Crippen molar-refractivity contribution in [3.63, 3.8) is 0 Å². The molecule has 5 nitrogen and oxygen atoms in total. The first-order valence-electron chi connectivity index (χ1n) is 8.51. The van der Waals surface area contributed by atoms with Crippen molar-refractivity contribution >= 4 is 5.82 Å². The smallest absolute Gasteiger partial charge is 0.148 e. The van der Waals surface area contributed by atoms with Gasteiger partial charge in [0.2, 0.25) is 0 Å². The van der Waals surface area contributed by atoms with Gasteiger partial charge in [0.25, 0.3) is 0 Å². The molecule has 23 heavy (non-hydrogen) atoms. The van der Waals surface area contributed by atoms with Crippen molar-refractivity contribution in [1.82, 2.24) is 19.7 Å². The van der Waals surface area contributed by atoms with E-state index in [-0.39, 0.29) is 0 Å². The first-order valence-corrected chi connectivity index (χ1v) is 8.51. The summed E-state index contributed by atoms with van der Waals surface area (Å²) >= 11 is 0. The molecule has 2 aromatic heterocycles. The summed E-state index contributed by atoms with van der Waals surface area (Å²) in [6.07, 6.45) is 7.89. The highest BCUT2D eigenvalue weighted by Crippen LogP contribution is 2.23. The fraction of sp³-hybridized carbons (Fsp3) is 0.556. The number of aryl methyl sites for hydroxylation is 2. The van der Waals surface area contributed by atoms with Gasteiger partial charge in [0, 0.05) is 49.8 Å². The van der Waals surface area contributed by atoms with Crippen LogP contribution in [0.15, 0.2) is 36.8 Å². The molecule has 3 atom stereocenters. The highest BCUT2D eigenvalue weighted by Gasteiger charge is 2.29. The molecule has 0 aromatic carbocycles. The number of aromatic nitrogens is 3. The molecule has 1 N–H and O–H groups in total. The van der Waals surface area contributed by atoms with E-state index in [0.717, 1.165) is 25.3 Å². The second kappa shape index (κ2) is 7.13. The molecule has 0 unspecified atom stereocenters. The Morgan fingerprint density at radius 3 is 2.78 bits per heavy atom. The molecular weight excluding hydrogens is 286 g/mol. The lowest BCUT2D eigenvalue weighted by atomic mass is 9.90. The molecule has 0 amide bonds. The maximum absolute atomic E-state index is 4.67. The van der Waals surface area contributed by atoms with E-state index in [9.17, 15) is 0 Å². The van der Waals surface area contributed by atoms with E-state index >= 15 is 0 Å². The highest BCUT2D eigenvalue weighted by molar-refractivity contribution is 5.34. The molecule has 5 heteroatoms. The Bertz CT molecular complexity index is 609. The zero-order valence-corrected chi connectivity index (χ0v) is 14.3. The first-order chi connectivity index (χ1) is 11.1. The van der Waals surface area contributed by atoms with Crippen molar-refractivity contribution in [2.45, 2.75) is 45.3 Å². The van der Waals surface area contributed by atoms with Gasteiger partial charge in [0.1, 0.15) is 5.82 Å². The molecule has 3 rings (SSSR count). The average Bonchev–Trinajstić information content (AvgIpc) is 2.99. The number of hydrogen-bond donors (Lipinski definition) is 1. The summed E-state index contributed by atoms with van der Waals surface area (Å²) in [5.74, 6) is 1.63. The number of nitrogens with zero attached hydrogens (tertiary/aromatic N) is 4. The van der Waals surface area contributed by atoms with Gasteiger partial charge in [-0.05, 0) is 50.4 Å². The molecule has 0 bridgehead atoms. The lowest BCUT2D eigenvalue weighted by Gasteiger charge is -2.40. The minimum atomic E-state index is 0.504. The fourth-order valence-electron chi connectivity index (χ4n) is 3.29. The Morgan fingerprint density at radius 1 is 1.22 bits per heavy atom. The molecular formula is C18H27N5. The molecule has 0 spiro atoms. The van der Waals surface area contributed by atoms with Gasteiger partial charge >= 0.3 is 0 Å². The van der Waals surface area contributed by atoms with Gasteiger partial charge in [-0.3, -0.25) is 9.67 Å². The summed E-state index contributed by atoms with van der Waals surface area (Å²) in [6, 6.07) is 7.33. The number of rotatable bonds is 5. The van der Waals surface area contributed by atoms with Crippen molar-refractivity contribution in [2.24, 2.45) is 5.92 Å². The monoisotopic (exact) mass is 313 g/mol. The molecule has 1 aliphatic heterocycles. The van der Waals surface area contributed by atoms with Crippen molar-refractivity contribution in [3.8, 4) is 0 Å². The zero-order valence-electron chi connectivity index (χ0n) is 14.3. The van der Waals surface area contributed by atoms with Crippen molar-refractivity contribution in [3.05, 3.63) is 42.4 Å². The van der Waals surface area contributed by atoms with Crippen molar-refractivity contribution < 1.29 is 0 Å². The molecule has 0 radical (unpaired) electrons. The Labute approximate surface area is 138 Å². The van der Waals surface area contributed by atoms with Crippen molar-refractivity contribution in [1.29, 1.82) is 0 Å². The summed E-state index contributed by atoms with van der Waals surface area (Å²) in [5.41, 5.74) is 1.29. The molecule has 1 saturated heterocycles. The Balaban J connectivity index is 1.55. The van der Waals surface area contributed by atoms with Gasteiger partial charge < -0.3 is 10.2 Å². The number of likely N-dealkylation sites (tertiary alicyclic amines) is 1. The summed E-state index contributed by atoms with van der Waals surface area (Å²) in [7, 11) is 2.21. The molecule has 1 aliphatic rings. The second-order valence-corrected chi connectivity index (χ2v) is 6.82. The van der Waals surface area contributed by atoms with E-state index < -0.39 is 0 Å². The number of nitrogens with one attached hydrogen (secondary N) is 1. The third-order valence-electron chi connectivity index (χ3n) is 4.96. The van der Waals surface area contributed by atoms with Gasteiger partial charge in [-0.2, -0.15) is 5.10 Å². The molecule has 0 aliphatic carbocycles. The summed E-state index contributed by atoms with van der Waals surface area (Å²) in [4.78, 5) is 6.49. The van der Waals surface area contributed by atoms with Crippen LogP contribution < -0.4 is 5.32 Å². The van der Waals surface area contributed by atoms with Gasteiger partial charge in [-0.15, -0.1) is 0 Å². The van der Waals surface area contributed by atoms with E-state index in [0.29, 0.717) is 18.0 Å². The predicted molar refractivity (Wildman–Crippen MR) is 93.5 cm³/mol. The number of anilines is 1. The minimum Gasteiger partial charge on any atom is -0.365 e. The van der Waals surface area contributed by atoms with Crippen LogP contribution in [0.3, 0.4) is 0 Å². The molecule has 3 heterocycles. The van der Waals surface area contributed by atoms with Crippen molar-refractivity contribution in [2.75, 3.05) is 18.9 Å². The van der Waals surface area contributed by atoms with E-state index in [4.69, 9.17) is 0 Å². The van der Waals surface area contributed by atoms with Gasteiger partial charge in [0.05, 0.1) is 0 Å². The van der Waals surface area contributed by atoms with E-state index in [1.807, 2.05) is 17.1 Å². The van der Waals surface area contributed by atoms with Crippen LogP contribution >= 0.6 is 0 Å². The van der Waals surface area contributed by atoms with Crippen LogP contribution in [0.1, 0.15) is 25.8 Å². The fourth-order valence-corrected chi connectivity index (χ4v) is 3.29. The van der Waals surface area contributed by atoms with Crippen LogP contribution in [0.2, 0.25) is 0 Å². The molecule has 1 fully saturated rings. The van der Waals surface area contributed by atoms with Crippen LogP contribution in [0.5, 0.6) is 0 Å². The summed E-state index contributed by atoms with van der Waals surface area (Å²) in [6.45, 7) is 6.65. The third-order valence-corrected chi connectivity index (χ3v) is 4.96. The number of pyridine rings is 1. The Hall–Kier alpha value is -1.88. The largest absolute Gasteiger partial charge is 0.365 e. The van der Waals surface area contributed by atoms with Crippen LogP contribution in [-0.4, -0.2) is 45.3 Å². The SMILES string of the molecule is C[C@@H]1CN(C)[C@@H](C)C[C@H]1Nc1ccn(CCc2ccncc2)n1. The van der Waals surface area contributed by atoms with E-state index in [2.05, 4.69) is 65.6 Å². The highest BCUT2D eigenvalue weighted by atomic mass is 15.3. The standard InChI is InChI=1S/C18H27N5/c1-14-13-22(3)15(2)12-17(14)20-18-7-11-23(21-18)10-6-16-4-8-19-9-5-16/h4-5,7-9,11,14-15,17H,6,10,12-13H2,1-3H3,(H,20,21)/t14-,15+,17-/m1/s1. The minimum absolute atomic E-state index is 0.504. The van der Waals surface area contributed by atoms with E-state index in [1.54, 1.807) is 0 Å². The van der Waals surface area contributed by atoms with Crippen LogP contribution in [0.4, 0.5) is 5.82 Å². The Morgan fingerprint density at radius 2 is 2.00 bits per heavy atom. The molecule has 0 saturated carbocycles.